The largest absolute Gasteiger partial charge is 0.392 e. The van der Waals surface area contributed by atoms with E-state index in [-0.39, 0.29) is 12.0 Å². The second kappa shape index (κ2) is 4.66. The Hall–Kier alpha value is -0.740. The van der Waals surface area contributed by atoms with Crippen LogP contribution in [0.15, 0.2) is 16.6 Å². The lowest BCUT2D eigenvalue weighted by Gasteiger charge is -2.23. The summed E-state index contributed by atoms with van der Waals surface area (Å²) in [7, 11) is 0. The summed E-state index contributed by atoms with van der Waals surface area (Å²) in [4.78, 5) is 8.33. The molecule has 2 unspecified atom stereocenters. The smallest absolute Gasteiger partial charge is 0.208 e. The lowest BCUT2D eigenvalue weighted by Crippen LogP contribution is -2.25. The zero-order valence-electron chi connectivity index (χ0n) is 7.97. The van der Waals surface area contributed by atoms with Crippen molar-refractivity contribution in [3.8, 4) is 0 Å². The number of aliphatic imine (C=N–C) groups is 1. The van der Waals surface area contributed by atoms with Gasteiger partial charge in [-0.3, -0.25) is 0 Å². The van der Waals surface area contributed by atoms with E-state index in [4.69, 9.17) is 0 Å². The minimum atomic E-state index is -0.201. The van der Waals surface area contributed by atoms with Gasteiger partial charge >= 0.3 is 0 Å². The standard InChI is InChI=1S/C10H14N2OS/c13-9-4-2-1-3-8(9)7-12-10-11-5-6-14-10/h5-9,13H,1-4H2. The SMILES string of the molecule is OC1CCCCC1C=Nc1nccs1. The highest BCUT2D eigenvalue weighted by atomic mass is 32.1. The summed E-state index contributed by atoms with van der Waals surface area (Å²) >= 11 is 1.52. The van der Waals surface area contributed by atoms with Crippen LogP contribution in [0.25, 0.3) is 0 Å². The molecule has 1 N–H and O–H groups in total. The molecule has 1 fully saturated rings. The minimum Gasteiger partial charge on any atom is -0.392 e. The van der Waals surface area contributed by atoms with Crippen LogP contribution in [-0.4, -0.2) is 22.4 Å². The molecule has 4 heteroatoms. The van der Waals surface area contributed by atoms with E-state index >= 15 is 0 Å². The third-order valence-electron chi connectivity index (χ3n) is 2.58. The fourth-order valence-corrected chi connectivity index (χ4v) is 2.24. The van der Waals surface area contributed by atoms with E-state index in [0.717, 1.165) is 24.4 Å². The Morgan fingerprint density at radius 2 is 2.36 bits per heavy atom. The van der Waals surface area contributed by atoms with Crippen molar-refractivity contribution >= 4 is 22.7 Å². The first kappa shape index (κ1) is 9.80. The average Bonchev–Trinajstić information content (AvgIpc) is 2.69. The van der Waals surface area contributed by atoms with Crippen molar-refractivity contribution in [2.45, 2.75) is 31.8 Å². The Morgan fingerprint density at radius 1 is 1.50 bits per heavy atom. The molecule has 14 heavy (non-hydrogen) atoms. The fraction of sp³-hybridized carbons (Fsp3) is 0.600. The third-order valence-corrected chi connectivity index (χ3v) is 3.26. The first-order valence-corrected chi connectivity index (χ1v) is 5.86. The maximum Gasteiger partial charge on any atom is 0.208 e. The molecule has 0 spiro atoms. The Bertz CT molecular complexity index is 297. The zero-order valence-corrected chi connectivity index (χ0v) is 8.78. The van der Waals surface area contributed by atoms with E-state index in [0.29, 0.717) is 0 Å². The Morgan fingerprint density at radius 3 is 3.07 bits per heavy atom. The molecule has 0 bridgehead atoms. The molecule has 0 radical (unpaired) electrons. The van der Waals surface area contributed by atoms with Crippen LogP contribution >= 0.6 is 11.3 Å². The molecule has 0 amide bonds. The molecule has 0 aromatic carbocycles. The van der Waals surface area contributed by atoms with Gasteiger partial charge in [0.25, 0.3) is 0 Å². The first-order chi connectivity index (χ1) is 6.86. The van der Waals surface area contributed by atoms with Crippen molar-refractivity contribution in [1.29, 1.82) is 0 Å². The van der Waals surface area contributed by atoms with Crippen molar-refractivity contribution in [3.63, 3.8) is 0 Å². The van der Waals surface area contributed by atoms with E-state index in [1.807, 2.05) is 11.6 Å². The summed E-state index contributed by atoms with van der Waals surface area (Å²) < 4.78 is 0. The number of rotatable bonds is 2. The van der Waals surface area contributed by atoms with Crippen LogP contribution in [-0.2, 0) is 0 Å². The molecule has 1 aliphatic carbocycles. The molecule has 0 aliphatic heterocycles. The highest BCUT2D eigenvalue weighted by Crippen LogP contribution is 2.24. The summed E-state index contributed by atoms with van der Waals surface area (Å²) in [5, 5.41) is 12.4. The molecule has 1 aromatic rings. The number of aliphatic hydroxyl groups is 1. The van der Waals surface area contributed by atoms with Crippen LogP contribution in [0.4, 0.5) is 5.13 Å². The molecule has 1 aliphatic rings. The van der Waals surface area contributed by atoms with Crippen LogP contribution in [0.1, 0.15) is 25.7 Å². The van der Waals surface area contributed by atoms with Gasteiger partial charge in [-0.05, 0) is 12.8 Å². The van der Waals surface area contributed by atoms with Crippen molar-refractivity contribution in [1.82, 2.24) is 4.98 Å². The van der Waals surface area contributed by atoms with Gasteiger partial charge in [0.15, 0.2) is 0 Å². The van der Waals surface area contributed by atoms with Gasteiger partial charge < -0.3 is 5.11 Å². The first-order valence-electron chi connectivity index (χ1n) is 4.98. The molecule has 2 rings (SSSR count). The maximum absolute atomic E-state index is 9.69. The van der Waals surface area contributed by atoms with Gasteiger partial charge in [-0.1, -0.05) is 12.8 Å². The quantitative estimate of drug-likeness (QED) is 0.762. The summed E-state index contributed by atoms with van der Waals surface area (Å²) in [5.41, 5.74) is 0. The van der Waals surface area contributed by atoms with Gasteiger partial charge in [-0.15, -0.1) is 11.3 Å². The van der Waals surface area contributed by atoms with Gasteiger partial charge in [0.1, 0.15) is 0 Å². The summed E-state index contributed by atoms with van der Waals surface area (Å²) in [6, 6.07) is 0. The molecular formula is C10H14N2OS. The van der Waals surface area contributed by atoms with Gasteiger partial charge in [0.05, 0.1) is 6.10 Å². The Balaban J connectivity index is 1.95. The fourth-order valence-electron chi connectivity index (χ4n) is 1.75. The molecular weight excluding hydrogens is 196 g/mol. The van der Waals surface area contributed by atoms with E-state index < -0.39 is 0 Å². The van der Waals surface area contributed by atoms with Crippen molar-refractivity contribution < 1.29 is 5.11 Å². The Labute approximate surface area is 87.5 Å². The third kappa shape index (κ3) is 2.39. The Kier molecular flexibility index (Phi) is 3.26. The zero-order chi connectivity index (χ0) is 9.80. The van der Waals surface area contributed by atoms with Gasteiger partial charge in [-0.25, -0.2) is 9.98 Å². The lowest BCUT2D eigenvalue weighted by atomic mass is 9.87. The average molecular weight is 210 g/mol. The van der Waals surface area contributed by atoms with Crippen LogP contribution in [0.5, 0.6) is 0 Å². The molecule has 1 heterocycles. The van der Waals surface area contributed by atoms with E-state index in [1.165, 1.54) is 17.8 Å². The van der Waals surface area contributed by atoms with Gasteiger partial charge in [0, 0.05) is 23.7 Å². The van der Waals surface area contributed by atoms with Crippen LogP contribution in [0.3, 0.4) is 0 Å². The normalized spacial score (nSPS) is 28.4. The van der Waals surface area contributed by atoms with Crippen molar-refractivity contribution in [2.24, 2.45) is 10.9 Å². The van der Waals surface area contributed by atoms with E-state index in [9.17, 15) is 5.11 Å². The monoisotopic (exact) mass is 210 g/mol. The number of thiazole rings is 1. The number of hydrogen-bond acceptors (Lipinski definition) is 4. The van der Waals surface area contributed by atoms with Crippen molar-refractivity contribution in [3.05, 3.63) is 11.6 Å². The highest BCUT2D eigenvalue weighted by molar-refractivity contribution is 7.13. The number of nitrogens with zero attached hydrogens (tertiary/aromatic N) is 2. The van der Waals surface area contributed by atoms with Crippen molar-refractivity contribution in [2.75, 3.05) is 0 Å². The summed E-state index contributed by atoms with van der Waals surface area (Å²) in [5.74, 6) is 0.229. The second-order valence-corrected chi connectivity index (χ2v) is 4.48. The number of aliphatic hydroxyl groups excluding tert-OH is 1. The van der Waals surface area contributed by atoms with E-state index in [1.54, 1.807) is 6.20 Å². The molecule has 76 valence electrons. The number of aromatic nitrogens is 1. The lowest BCUT2D eigenvalue weighted by molar-refractivity contribution is 0.103. The van der Waals surface area contributed by atoms with Gasteiger partial charge in [0.2, 0.25) is 5.13 Å². The summed E-state index contributed by atoms with van der Waals surface area (Å²) in [6.07, 6.45) is 7.71. The van der Waals surface area contributed by atoms with Crippen LogP contribution < -0.4 is 0 Å². The number of hydrogen-bond donors (Lipinski definition) is 1. The predicted molar refractivity (Wildman–Crippen MR) is 58.2 cm³/mol. The maximum atomic E-state index is 9.69. The van der Waals surface area contributed by atoms with Crippen LogP contribution in [0, 0.1) is 5.92 Å². The summed E-state index contributed by atoms with van der Waals surface area (Å²) in [6.45, 7) is 0. The predicted octanol–water partition coefficient (Wildman–Crippen LogP) is 2.40. The van der Waals surface area contributed by atoms with E-state index in [2.05, 4.69) is 9.98 Å². The molecule has 1 aromatic heterocycles. The highest BCUT2D eigenvalue weighted by Gasteiger charge is 2.20. The second-order valence-electron chi connectivity index (χ2n) is 3.61. The molecule has 3 nitrogen and oxygen atoms in total. The van der Waals surface area contributed by atoms with Gasteiger partial charge in [-0.2, -0.15) is 0 Å². The minimum absolute atomic E-state index is 0.201. The molecule has 1 saturated carbocycles. The molecule has 2 atom stereocenters. The topological polar surface area (TPSA) is 45.5 Å². The molecule has 0 saturated heterocycles. The van der Waals surface area contributed by atoms with Crippen LogP contribution in [0.2, 0.25) is 0 Å².